The van der Waals surface area contributed by atoms with Crippen LogP contribution in [0.4, 0.5) is 5.13 Å². The fourth-order valence-corrected chi connectivity index (χ4v) is 3.07. The van der Waals surface area contributed by atoms with E-state index in [-0.39, 0.29) is 10.0 Å². The first-order chi connectivity index (χ1) is 9.62. The van der Waals surface area contributed by atoms with Gasteiger partial charge in [-0.15, -0.1) is 10.2 Å². The first-order valence-corrected chi connectivity index (χ1v) is 8.14. The van der Waals surface area contributed by atoms with Crippen LogP contribution < -0.4 is 14.8 Å². The van der Waals surface area contributed by atoms with Crippen molar-refractivity contribution in [1.82, 2.24) is 15.5 Å². The Bertz CT molecular complexity index is 626. The molecule has 0 aliphatic carbocycles. The van der Waals surface area contributed by atoms with Crippen molar-refractivity contribution in [3.63, 3.8) is 0 Å². The second-order valence-corrected chi connectivity index (χ2v) is 6.29. The summed E-state index contributed by atoms with van der Waals surface area (Å²) in [5.41, 5.74) is 1.45. The zero-order chi connectivity index (χ0) is 14.4. The van der Waals surface area contributed by atoms with E-state index in [1.54, 1.807) is 12.1 Å². The average Bonchev–Trinajstić information content (AvgIpc) is 2.92. The second kappa shape index (κ2) is 6.64. The maximum absolute atomic E-state index is 12.0. The molecule has 0 saturated carbocycles. The SMILES string of the molecule is CNCCOc1ccc(S(=O)(=O)Nc2nncs2)cc1. The number of anilines is 1. The van der Waals surface area contributed by atoms with Crippen LogP contribution in [0.25, 0.3) is 0 Å². The molecule has 0 fully saturated rings. The predicted molar refractivity (Wildman–Crippen MR) is 76.6 cm³/mol. The molecule has 9 heteroatoms. The number of aromatic nitrogens is 2. The number of sulfonamides is 1. The van der Waals surface area contributed by atoms with Crippen molar-refractivity contribution in [2.24, 2.45) is 0 Å². The Morgan fingerprint density at radius 1 is 1.30 bits per heavy atom. The molecule has 0 amide bonds. The highest BCUT2D eigenvalue weighted by molar-refractivity contribution is 7.93. The second-order valence-electron chi connectivity index (χ2n) is 3.77. The van der Waals surface area contributed by atoms with Gasteiger partial charge in [0.05, 0.1) is 4.90 Å². The van der Waals surface area contributed by atoms with Crippen LogP contribution in [0.15, 0.2) is 34.7 Å². The maximum atomic E-state index is 12.0. The van der Waals surface area contributed by atoms with Gasteiger partial charge in [0.1, 0.15) is 17.9 Å². The standard InChI is InChI=1S/C11H14N4O3S2/c1-12-6-7-18-9-2-4-10(5-3-9)20(16,17)15-11-14-13-8-19-11/h2-5,8,12H,6-7H2,1H3,(H,14,15). The summed E-state index contributed by atoms with van der Waals surface area (Å²) >= 11 is 1.12. The van der Waals surface area contributed by atoms with Crippen molar-refractivity contribution in [3.8, 4) is 5.75 Å². The molecule has 108 valence electrons. The Labute approximate surface area is 121 Å². The minimum atomic E-state index is -3.64. The molecule has 2 aromatic rings. The van der Waals surface area contributed by atoms with Gasteiger partial charge in [0.15, 0.2) is 0 Å². The van der Waals surface area contributed by atoms with Gasteiger partial charge in [0.25, 0.3) is 10.0 Å². The molecule has 1 heterocycles. The lowest BCUT2D eigenvalue weighted by Gasteiger charge is -2.07. The van der Waals surface area contributed by atoms with E-state index in [0.29, 0.717) is 12.4 Å². The van der Waals surface area contributed by atoms with Crippen molar-refractivity contribution in [3.05, 3.63) is 29.8 Å². The van der Waals surface area contributed by atoms with E-state index in [0.717, 1.165) is 17.9 Å². The monoisotopic (exact) mass is 314 g/mol. The minimum absolute atomic E-state index is 0.147. The summed E-state index contributed by atoms with van der Waals surface area (Å²) in [6, 6.07) is 6.20. The molecule has 20 heavy (non-hydrogen) atoms. The van der Waals surface area contributed by atoms with Crippen LogP contribution in [-0.4, -0.2) is 38.8 Å². The molecule has 0 bridgehead atoms. The Morgan fingerprint density at radius 3 is 2.65 bits per heavy atom. The molecular weight excluding hydrogens is 300 g/mol. The van der Waals surface area contributed by atoms with Gasteiger partial charge < -0.3 is 10.1 Å². The summed E-state index contributed by atoms with van der Waals surface area (Å²) in [5, 5.41) is 10.4. The molecule has 0 aliphatic rings. The summed E-state index contributed by atoms with van der Waals surface area (Å²) < 4.78 is 31.9. The smallest absolute Gasteiger partial charge is 0.263 e. The van der Waals surface area contributed by atoms with Gasteiger partial charge >= 0.3 is 0 Å². The van der Waals surface area contributed by atoms with Crippen molar-refractivity contribution in [2.45, 2.75) is 4.90 Å². The maximum Gasteiger partial charge on any atom is 0.263 e. The highest BCUT2D eigenvalue weighted by Crippen LogP contribution is 2.19. The van der Waals surface area contributed by atoms with Crippen LogP contribution in [0, 0.1) is 0 Å². The van der Waals surface area contributed by atoms with Crippen LogP contribution in [0.2, 0.25) is 0 Å². The summed E-state index contributed by atoms with van der Waals surface area (Å²) in [7, 11) is -1.80. The van der Waals surface area contributed by atoms with Crippen molar-refractivity contribution in [2.75, 3.05) is 24.9 Å². The van der Waals surface area contributed by atoms with Crippen LogP contribution in [0.1, 0.15) is 0 Å². The summed E-state index contributed by atoms with van der Waals surface area (Å²) in [4.78, 5) is 0.147. The van der Waals surface area contributed by atoms with E-state index < -0.39 is 10.0 Å². The molecule has 0 atom stereocenters. The van der Waals surface area contributed by atoms with Gasteiger partial charge in [0.2, 0.25) is 5.13 Å². The molecule has 0 saturated heterocycles. The number of benzene rings is 1. The molecule has 7 nitrogen and oxygen atoms in total. The molecule has 1 aromatic heterocycles. The van der Waals surface area contributed by atoms with Crippen LogP contribution in [0.5, 0.6) is 5.75 Å². The largest absolute Gasteiger partial charge is 0.492 e. The lowest BCUT2D eigenvalue weighted by Crippen LogP contribution is -2.16. The number of hydrogen-bond donors (Lipinski definition) is 2. The number of likely N-dealkylation sites (N-methyl/N-ethyl adjacent to an activating group) is 1. The van der Waals surface area contributed by atoms with Gasteiger partial charge in [-0.3, -0.25) is 4.72 Å². The third kappa shape index (κ3) is 3.89. The third-order valence-electron chi connectivity index (χ3n) is 2.34. The van der Waals surface area contributed by atoms with E-state index in [1.807, 2.05) is 7.05 Å². The minimum Gasteiger partial charge on any atom is -0.492 e. The van der Waals surface area contributed by atoms with Crippen molar-refractivity contribution < 1.29 is 13.2 Å². The zero-order valence-electron chi connectivity index (χ0n) is 10.7. The van der Waals surface area contributed by atoms with Gasteiger partial charge in [0, 0.05) is 6.54 Å². The molecular formula is C11H14N4O3S2. The molecule has 0 aliphatic heterocycles. The molecule has 2 rings (SSSR count). The molecule has 0 radical (unpaired) electrons. The predicted octanol–water partition coefficient (Wildman–Crippen LogP) is 0.937. The van der Waals surface area contributed by atoms with E-state index in [1.165, 1.54) is 17.6 Å². The molecule has 0 unspecified atom stereocenters. The van der Waals surface area contributed by atoms with Crippen molar-refractivity contribution in [1.29, 1.82) is 0 Å². The Balaban J connectivity index is 2.05. The van der Waals surface area contributed by atoms with E-state index >= 15 is 0 Å². The van der Waals surface area contributed by atoms with Gasteiger partial charge in [-0.25, -0.2) is 8.42 Å². The van der Waals surface area contributed by atoms with E-state index in [2.05, 4.69) is 20.2 Å². The van der Waals surface area contributed by atoms with Crippen molar-refractivity contribution >= 4 is 26.5 Å². The molecule has 0 spiro atoms. The number of hydrogen-bond acceptors (Lipinski definition) is 7. The average molecular weight is 314 g/mol. The fourth-order valence-electron chi connectivity index (χ4n) is 1.38. The van der Waals surface area contributed by atoms with Crippen LogP contribution in [0.3, 0.4) is 0 Å². The van der Waals surface area contributed by atoms with Gasteiger partial charge in [-0.1, -0.05) is 11.3 Å². The normalized spacial score (nSPS) is 11.2. The number of ether oxygens (including phenoxy) is 1. The topological polar surface area (TPSA) is 93.2 Å². The molecule has 2 N–H and O–H groups in total. The number of nitrogens with one attached hydrogen (secondary N) is 2. The Kier molecular flexibility index (Phi) is 4.88. The fraction of sp³-hybridized carbons (Fsp3) is 0.273. The van der Waals surface area contributed by atoms with Gasteiger partial charge in [-0.05, 0) is 31.3 Å². The first kappa shape index (κ1) is 14.7. The number of nitrogens with zero attached hydrogens (tertiary/aromatic N) is 2. The highest BCUT2D eigenvalue weighted by atomic mass is 32.2. The zero-order valence-corrected chi connectivity index (χ0v) is 12.4. The third-order valence-corrected chi connectivity index (χ3v) is 4.43. The Morgan fingerprint density at radius 2 is 2.05 bits per heavy atom. The molecule has 1 aromatic carbocycles. The summed E-state index contributed by atoms with van der Waals surface area (Å²) in [6.45, 7) is 1.24. The van der Waals surface area contributed by atoms with Crippen LogP contribution >= 0.6 is 11.3 Å². The summed E-state index contributed by atoms with van der Waals surface area (Å²) in [6.07, 6.45) is 0. The Hall–Kier alpha value is -1.71. The van der Waals surface area contributed by atoms with Crippen LogP contribution in [-0.2, 0) is 10.0 Å². The van der Waals surface area contributed by atoms with E-state index in [9.17, 15) is 8.42 Å². The van der Waals surface area contributed by atoms with E-state index in [4.69, 9.17) is 4.74 Å². The highest BCUT2D eigenvalue weighted by Gasteiger charge is 2.15. The quantitative estimate of drug-likeness (QED) is 0.739. The summed E-state index contributed by atoms with van der Waals surface area (Å²) in [5.74, 6) is 0.620. The lowest BCUT2D eigenvalue weighted by atomic mass is 10.3. The number of rotatable bonds is 7. The first-order valence-electron chi connectivity index (χ1n) is 5.78. The lowest BCUT2D eigenvalue weighted by molar-refractivity contribution is 0.318. The van der Waals surface area contributed by atoms with Gasteiger partial charge in [-0.2, -0.15) is 0 Å².